The molecule has 3 rings (SSSR count). The molecule has 1 N–H and O–H groups in total. The fourth-order valence-electron chi connectivity index (χ4n) is 2.89. The lowest BCUT2D eigenvalue weighted by molar-refractivity contribution is -0.146. The molecule has 0 saturated carbocycles. The fraction of sp³-hybridized carbons (Fsp3) is 0.438. The molecule has 2 heterocycles. The summed E-state index contributed by atoms with van der Waals surface area (Å²) in [5, 5.41) is 8.43. The lowest BCUT2D eigenvalue weighted by Gasteiger charge is -2.38. The molecule has 0 bridgehead atoms. The Labute approximate surface area is 140 Å². The number of anilines is 1. The number of carbonyl (C=O) groups excluding carboxylic acids is 1. The number of nitrogens with zero attached hydrogens (tertiary/aromatic N) is 2. The van der Waals surface area contributed by atoms with E-state index in [0.29, 0.717) is 16.6 Å². The van der Waals surface area contributed by atoms with Gasteiger partial charge in [-0.3, -0.25) is 9.80 Å². The van der Waals surface area contributed by atoms with Crippen molar-refractivity contribution in [1.82, 2.24) is 10.0 Å². The Balaban J connectivity index is 1.67. The van der Waals surface area contributed by atoms with Crippen molar-refractivity contribution < 1.29 is 4.79 Å². The van der Waals surface area contributed by atoms with Gasteiger partial charge in [0.2, 0.25) is 0 Å². The molecular formula is C16H19Cl2N3O. The van der Waals surface area contributed by atoms with E-state index in [2.05, 4.69) is 10.3 Å². The van der Waals surface area contributed by atoms with Crippen LogP contribution in [0.3, 0.4) is 0 Å². The van der Waals surface area contributed by atoms with Gasteiger partial charge < -0.3 is 5.32 Å². The molecule has 0 aromatic heterocycles. The maximum atomic E-state index is 12.3. The molecule has 0 atom stereocenters. The lowest BCUT2D eigenvalue weighted by atomic mass is 10.1. The van der Waals surface area contributed by atoms with Gasteiger partial charge in [0, 0.05) is 42.9 Å². The van der Waals surface area contributed by atoms with Crippen molar-refractivity contribution in [1.29, 1.82) is 0 Å². The molecule has 1 saturated heterocycles. The zero-order valence-corrected chi connectivity index (χ0v) is 13.8. The molecule has 118 valence electrons. The Morgan fingerprint density at radius 2 is 1.82 bits per heavy atom. The van der Waals surface area contributed by atoms with Crippen molar-refractivity contribution in [3.63, 3.8) is 0 Å². The Morgan fingerprint density at radius 3 is 2.50 bits per heavy atom. The van der Waals surface area contributed by atoms with Crippen molar-refractivity contribution in [2.24, 2.45) is 0 Å². The summed E-state index contributed by atoms with van der Waals surface area (Å²) in [5.74, 6) is 0.0423. The average molecular weight is 340 g/mol. The lowest BCUT2D eigenvalue weighted by Crippen LogP contribution is -2.50. The van der Waals surface area contributed by atoms with Crippen LogP contribution < -0.4 is 5.32 Å². The highest BCUT2D eigenvalue weighted by Crippen LogP contribution is 2.28. The Bertz CT molecular complexity index is 597. The van der Waals surface area contributed by atoms with Crippen molar-refractivity contribution in [2.75, 3.05) is 25.0 Å². The smallest absolute Gasteiger partial charge is 0.262 e. The summed E-state index contributed by atoms with van der Waals surface area (Å²) in [4.78, 5) is 12.3. The number of piperidine rings is 1. The van der Waals surface area contributed by atoms with Crippen molar-refractivity contribution >= 4 is 34.8 Å². The van der Waals surface area contributed by atoms with E-state index >= 15 is 0 Å². The number of nitrogens with one attached hydrogen (secondary N) is 1. The Hall–Kier alpha value is -1.23. The van der Waals surface area contributed by atoms with Crippen LogP contribution in [0.5, 0.6) is 0 Å². The number of hydrazine groups is 1. The number of hydrogen-bond donors (Lipinski definition) is 1. The molecule has 1 aromatic carbocycles. The highest BCUT2D eigenvalue weighted by atomic mass is 35.5. The van der Waals surface area contributed by atoms with Crippen molar-refractivity contribution in [3.8, 4) is 0 Å². The summed E-state index contributed by atoms with van der Waals surface area (Å²) >= 11 is 12.1. The molecule has 6 heteroatoms. The van der Waals surface area contributed by atoms with E-state index in [1.54, 1.807) is 18.2 Å². The van der Waals surface area contributed by atoms with Gasteiger partial charge in [-0.25, -0.2) is 5.01 Å². The molecule has 2 aliphatic heterocycles. The molecule has 2 aliphatic rings. The summed E-state index contributed by atoms with van der Waals surface area (Å²) in [5.41, 5.74) is 1.67. The standard InChI is InChI=1S/C16H19Cl2N3O/c17-12-4-5-15(14(18)10-12)19-13-6-9-21(16(22)11-13)20-7-2-1-3-8-20/h4-5,10-11,19H,1-3,6-9H2. The van der Waals surface area contributed by atoms with Gasteiger partial charge in [0.15, 0.2) is 0 Å². The number of hydrogen-bond acceptors (Lipinski definition) is 3. The van der Waals surface area contributed by atoms with Crippen LogP contribution >= 0.6 is 23.2 Å². The molecule has 1 amide bonds. The maximum Gasteiger partial charge on any atom is 0.262 e. The van der Waals surface area contributed by atoms with Gasteiger partial charge in [0.05, 0.1) is 10.7 Å². The van der Waals surface area contributed by atoms with Crippen LogP contribution in [-0.2, 0) is 4.79 Å². The molecule has 1 aromatic rings. The van der Waals surface area contributed by atoms with Gasteiger partial charge in [-0.1, -0.05) is 29.6 Å². The average Bonchev–Trinajstić information content (AvgIpc) is 2.51. The van der Waals surface area contributed by atoms with Crippen LogP contribution in [0, 0.1) is 0 Å². The summed E-state index contributed by atoms with van der Waals surface area (Å²) in [6.07, 6.45) is 6.05. The minimum absolute atomic E-state index is 0.0423. The number of benzene rings is 1. The number of amides is 1. The molecule has 0 unspecified atom stereocenters. The summed E-state index contributed by atoms with van der Waals surface area (Å²) in [6.45, 7) is 2.67. The first-order chi connectivity index (χ1) is 10.6. The SMILES string of the molecule is O=C1C=C(Nc2ccc(Cl)cc2Cl)CCN1N1CCCCC1. The largest absolute Gasteiger partial charge is 0.357 e. The highest BCUT2D eigenvalue weighted by molar-refractivity contribution is 6.36. The van der Waals surface area contributed by atoms with Gasteiger partial charge in [-0.2, -0.15) is 0 Å². The summed E-state index contributed by atoms with van der Waals surface area (Å²) < 4.78 is 0. The van der Waals surface area contributed by atoms with Gasteiger partial charge >= 0.3 is 0 Å². The molecule has 22 heavy (non-hydrogen) atoms. The van der Waals surface area contributed by atoms with E-state index in [1.165, 1.54) is 19.3 Å². The first kappa shape index (κ1) is 15.7. The zero-order chi connectivity index (χ0) is 15.5. The first-order valence-electron chi connectivity index (χ1n) is 7.62. The van der Waals surface area contributed by atoms with E-state index < -0.39 is 0 Å². The van der Waals surface area contributed by atoms with Gasteiger partial charge in [-0.05, 0) is 31.0 Å². The van der Waals surface area contributed by atoms with Crippen LogP contribution in [-0.4, -0.2) is 35.6 Å². The molecule has 0 radical (unpaired) electrons. The van der Waals surface area contributed by atoms with Crippen LogP contribution in [0.4, 0.5) is 5.69 Å². The first-order valence-corrected chi connectivity index (χ1v) is 8.38. The van der Waals surface area contributed by atoms with Crippen LogP contribution in [0.1, 0.15) is 25.7 Å². The highest BCUT2D eigenvalue weighted by Gasteiger charge is 2.25. The van der Waals surface area contributed by atoms with Crippen LogP contribution in [0.15, 0.2) is 30.0 Å². The number of rotatable bonds is 3. The predicted octanol–water partition coefficient (Wildman–Crippen LogP) is 3.92. The minimum atomic E-state index is 0.0423. The van der Waals surface area contributed by atoms with E-state index in [9.17, 15) is 4.79 Å². The van der Waals surface area contributed by atoms with Crippen LogP contribution in [0.25, 0.3) is 0 Å². The van der Waals surface area contributed by atoms with Gasteiger partial charge in [0.1, 0.15) is 0 Å². The third-order valence-electron chi connectivity index (χ3n) is 4.05. The maximum absolute atomic E-state index is 12.3. The number of carbonyl (C=O) groups is 1. The normalized spacial score (nSPS) is 20.0. The molecule has 0 aliphatic carbocycles. The second kappa shape index (κ2) is 6.90. The summed E-state index contributed by atoms with van der Waals surface area (Å²) in [7, 11) is 0. The topological polar surface area (TPSA) is 35.6 Å². The van der Waals surface area contributed by atoms with Crippen molar-refractivity contribution in [3.05, 3.63) is 40.0 Å². The molecule has 0 spiro atoms. The van der Waals surface area contributed by atoms with Gasteiger partial charge in [-0.15, -0.1) is 0 Å². The third-order valence-corrected chi connectivity index (χ3v) is 4.59. The van der Waals surface area contributed by atoms with Gasteiger partial charge in [0.25, 0.3) is 5.91 Å². The van der Waals surface area contributed by atoms with E-state index in [1.807, 2.05) is 11.1 Å². The second-order valence-corrected chi connectivity index (χ2v) is 6.49. The monoisotopic (exact) mass is 339 g/mol. The molecule has 1 fully saturated rings. The quantitative estimate of drug-likeness (QED) is 0.906. The van der Waals surface area contributed by atoms with E-state index in [-0.39, 0.29) is 5.91 Å². The predicted molar refractivity (Wildman–Crippen MR) is 89.9 cm³/mol. The minimum Gasteiger partial charge on any atom is -0.357 e. The number of halogens is 2. The Kier molecular flexibility index (Phi) is 4.91. The molecular weight excluding hydrogens is 321 g/mol. The van der Waals surface area contributed by atoms with E-state index in [0.717, 1.165) is 30.9 Å². The third kappa shape index (κ3) is 3.57. The fourth-order valence-corrected chi connectivity index (χ4v) is 3.35. The zero-order valence-electron chi connectivity index (χ0n) is 12.3. The van der Waals surface area contributed by atoms with Crippen LogP contribution in [0.2, 0.25) is 10.0 Å². The van der Waals surface area contributed by atoms with Crippen molar-refractivity contribution in [2.45, 2.75) is 25.7 Å². The molecule has 4 nitrogen and oxygen atoms in total. The van der Waals surface area contributed by atoms with E-state index in [4.69, 9.17) is 23.2 Å². The second-order valence-electron chi connectivity index (χ2n) is 5.64. The Morgan fingerprint density at radius 1 is 1.05 bits per heavy atom. The summed E-state index contributed by atoms with van der Waals surface area (Å²) in [6, 6.07) is 5.30.